The van der Waals surface area contributed by atoms with Gasteiger partial charge in [0.25, 0.3) is 0 Å². The van der Waals surface area contributed by atoms with Gasteiger partial charge in [0.1, 0.15) is 0 Å². The van der Waals surface area contributed by atoms with Crippen molar-refractivity contribution in [2.24, 2.45) is 0 Å². The molecule has 0 aromatic heterocycles. The minimum absolute atomic E-state index is 0. The SMILES string of the molecule is CC(C)(C)c1ccc2c(c1)[CH]([Zr+2][C]1=CC=CC1=C(c1cccc(C(Cl)(Cl)Cl)c1)c1cccc(C(Cl)(Cl)Cl)c1)c1cc(C(C)(C)C)ccc1-2.[Cl-].[Cl-]. The quantitative estimate of drug-likeness (QED) is 0.182. The van der Waals surface area contributed by atoms with Gasteiger partial charge in [-0.3, -0.25) is 0 Å². The summed E-state index contributed by atoms with van der Waals surface area (Å²) in [5.74, 6) is 0. The van der Waals surface area contributed by atoms with Crippen molar-refractivity contribution in [2.75, 3.05) is 0 Å². The molecule has 0 bridgehead atoms. The normalized spacial score (nSPS) is 14.3. The van der Waals surface area contributed by atoms with E-state index in [2.05, 4.69) is 108 Å². The third kappa shape index (κ3) is 8.81. The van der Waals surface area contributed by atoms with Crippen LogP contribution in [-0.2, 0) is 41.6 Å². The molecule has 4 aromatic carbocycles. The van der Waals surface area contributed by atoms with Gasteiger partial charge in [0.2, 0.25) is 0 Å². The second-order valence-corrected chi connectivity index (χ2v) is 22.6. The molecule has 0 nitrogen and oxygen atoms in total. The molecule has 0 radical (unpaired) electrons. The summed E-state index contributed by atoms with van der Waals surface area (Å²) in [7, 11) is 0. The van der Waals surface area contributed by atoms with Crippen LogP contribution in [0.2, 0.25) is 0 Å². The van der Waals surface area contributed by atoms with Gasteiger partial charge in [-0.05, 0) is 0 Å². The summed E-state index contributed by atoms with van der Waals surface area (Å²) in [6.07, 6.45) is 6.68. The number of alkyl halides is 6. The van der Waals surface area contributed by atoms with Crippen molar-refractivity contribution < 1.29 is 48.0 Å². The Morgan fingerprint density at radius 1 is 0.560 bits per heavy atom. The molecule has 0 saturated heterocycles. The molecule has 0 amide bonds. The zero-order valence-corrected chi connectivity index (χ0v) is 36.9. The number of fused-ring (bicyclic) bond motifs is 3. The Labute approximate surface area is 351 Å². The van der Waals surface area contributed by atoms with E-state index in [0.717, 1.165) is 16.7 Å². The van der Waals surface area contributed by atoms with Crippen molar-refractivity contribution in [2.45, 2.75) is 63.6 Å². The van der Waals surface area contributed by atoms with Crippen LogP contribution in [0.25, 0.3) is 16.7 Å². The van der Waals surface area contributed by atoms with Crippen molar-refractivity contribution in [3.05, 3.63) is 157 Å². The summed E-state index contributed by atoms with van der Waals surface area (Å²) in [5, 5.41) is 0. The number of hydrogen-bond donors (Lipinski definition) is 0. The van der Waals surface area contributed by atoms with Crippen LogP contribution in [0.3, 0.4) is 0 Å². The van der Waals surface area contributed by atoms with E-state index in [1.54, 1.807) is 0 Å². The molecule has 9 heteroatoms. The van der Waals surface area contributed by atoms with Gasteiger partial charge in [0.15, 0.2) is 0 Å². The van der Waals surface area contributed by atoms with E-state index in [1.165, 1.54) is 42.2 Å². The number of hydrogen-bond acceptors (Lipinski definition) is 0. The molecule has 0 heterocycles. The van der Waals surface area contributed by atoms with Gasteiger partial charge in [0, 0.05) is 0 Å². The summed E-state index contributed by atoms with van der Waals surface area (Å²) >= 11 is 37.0. The predicted octanol–water partition coefficient (Wildman–Crippen LogP) is 8.05. The van der Waals surface area contributed by atoms with Crippen LogP contribution in [0, 0.1) is 0 Å². The van der Waals surface area contributed by atoms with Crippen LogP contribution < -0.4 is 24.8 Å². The van der Waals surface area contributed by atoms with Gasteiger partial charge in [-0.1, -0.05) is 0 Å². The van der Waals surface area contributed by atoms with E-state index < -0.39 is 30.8 Å². The van der Waals surface area contributed by atoms with Crippen molar-refractivity contribution in [1.29, 1.82) is 0 Å². The van der Waals surface area contributed by atoms with Gasteiger partial charge in [-0.25, -0.2) is 0 Å². The van der Waals surface area contributed by atoms with E-state index >= 15 is 0 Å². The smallest absolute Gasteiger partial charge is 1.00 e. The second kappa shape index (κ2) is 15.6. The first kappa shape index (κ1) is 42.1. The summed E-state index contributed by atoms with van der Waals surface area (Å²) in [6, 6.07) is 29.8. The first-order valence-electron chi connectivity index (χ1n) is 15.9. The minimum atomic E-state index is -1.57. The van der Waals surface area contributed by atoms with Crippen molar-refractivity contribution in [3.63, 3.8) is 0 Å². The fourth-order valence-corrected chi connectivity index (χ4v) is 11.2. The summed E-state index contributed by atoms with van der Waals surface area (Å²) < 4.78 is -1.42. The van der Waals surface area contributed by atoms with E-state index in [0.29, 0.717) is 14.8 Å². The fraction of sp³-hybridized carbons (Fsp3) is 0.268. The molecule has 0 atom stereocenters. The van der Waals surface area contributed by atoms with Crippen molar-refractivity contribution in [3.8, 4) is 11.1 Å². The first-order chi connectivity index (χ1) is 22.3. The molecule has 0 fully saturated rings. The average Bonchev–Trinajstić information content (AvgIpc) is 3.58. The van der Waals surface area contributed by atoms with E-state index in [1.807, 2.05) is 36.4 Å². The molecule has 0 saturated carbocycles. The van der Waals surface area contributed by atoms with Crippen LogP contribution in [0.15, 0.2) is 112 Å². The molecule has 0 aliphatic heterocycles. The largest absolute Gasteiger partial charge is 1.00 e. The maximum absolute atomic E-state index is 6.40. The van der Waals surface area contributed by atoms with E-state index in [9.17, 15) is 0 Å². The molecular formula is C41H36Cl8Zr. The maximum atomic E-state index is 6.40. The minimum Gasteiger partial charge on any atom is -1.00 e. The molecular weight excluding hydrogens is 867 g/mol. The number of benzene rings is 4. The zero-order chi connectivity index (χ0) is 34.8. The molecule has 6 rings (SSSR count). The Bertz CT molecular complexity index is 1870. The van der Waals surface area contributed by atoms with Crippen LogP contribution in [-0.4, -0.2) is 0 Å². The molecule has 0 N–H and O–H groups in total. The Hall–Kier alpha value is -0.697. The third-order valence-electron chi connectivity index (χ3n) is 9.09. The molecule has 50 heavy (non-hydrogen) atoms. The van der Waals surface area contributed by atoms with Gasteiger partial charge in [0.05, 0.1) is 0 Å². The molecule has 0 spiro atoms. The van der Waals surface area contributed by atoms with Gasteiger partial charge < -0.3 is 24.8 Å². The Kier molecular flexibility index (Phi) is 13.1. The first-order valence-corrected chi connectivity index (χ1v) is 20.8. The second-order valence-electron chi connectivity index (χ2n) is 14.6. The van der Waals surface area contributed by atoms with Crippen molar-refractivity contribution in [1.82, 2.24) is 0 Å². The van der Waals surface area contributed by atoms with E-state index in [-0.39, 0.29) is 35.6 Å². The molecule has 0 unspecified atom stereocenters. The van der Waals surface area contributed by atoms with Crippen molar-refractivity contribution >= 4 is 75.2 Å². The monoisotopic (exact) mass is 898 g/mol. The van der Waals surface area contributed by atoms with Crippen LogP contribution in [0.4, 0.5) is 0 Å². The van der Waals surface area contributed by atoms with Gasteiger partial charge in [-0.15, -0.1) is 0 Å². The standard InChI is InChI=1S/C21H25.C20H11Cl6.2ClH.Zr/c1-20(2,3)16-7-9-18-14(12-16)11-15-13-17(21(4,5)6)8-10-19(15)18;21-19(22,23)16-9-3-7-14(11-16)18(13-5-1-2-6-13)15-8-4-10-17(12-15)20(24,25)26;;;/h7-13H,1-6H3;1-5,7-12H;2*1H;/q;;;;+2/p-2. The number of halogens is 8. The topological polar surface area (TPSA) is 0 Å². The van der Waals surface area contributed by atoms with Gasteiger partial charge >= 0.3 is 330 Å². The van der Waals surface area contributed by atoms with Crippen LogP contribution in [0.1, 0.15) is 89.7 Å². The molecule has 2 aliphatic rings. The summed E-state index contributed by atoms with van der Waals surface area (Å²) in [5.41, 5.74) is 13.6. The van der Waals surface area contributed by atoms with Crippen LogP contribution in [0.5, 0.6) is 0 Å². The summed E-state index contributed by atoms with van der Waals surface area (Å²) in [6.45, 7) is 13.7. The zero-order valence-electron chi connectivity index (χ0n) is 28.4. The molecule has 4 aromatic rings. The maximum Gasteiger partial charge on any atom is -1.00 e. The molecule has 260 valence electrons. The number of allylic oxidation sites excluding steroid dienone is 5. The Morgan fingerprint density at radius 2 is 1.00 bits per heavy atom. The third-order valence-corrected chi connectivity index (χ3v) is 14.5. The van der Waals surface area contributed by atoms with Gasteiger partial charge in [-0.2, -0.15) is 0 Å². The fourth-order valence-electron chi connectivity index (χ4n) is 6.45. The summed E-state index contributed by atoms with van der Waals surface area (Å²) in [4.78, 5) is 0. The average molecular weight is 904 g/mol. The predicted molar refractivity (Wildman–Crippen MR) is 206 cm³/mol. The van der Waals surface area contributed by atoms with E-state index in [4.69, 9.17) is 69.6 Å². The Balaban J connectivity index is 0.00000281. The number of rotatable bonds is 4. The Morgan fingerprint density at radius 3 is 1.40 bits per heavy atom. The molecule has 2 aliphatic carbocycles. The van der Waals surface area contributed by atoms with Crippen LogP contribution >= 0.6 is 69.6 Å².